The van der Waals surface area contributed by atoms with E-state index in [1.807, 2.05) is 56.3 Å². The molecule has 1 N–H and O–H groups in total. The summed E-state index contributed by atoms with van der Waals surface area (Å²) in [6.45, 7) is 3.85. The summed E-state index contributed by atoms with van der Waals surface area (Å²) < 4.78 is 6.43. The Morgan fingerprint density at radius 2 is 1.89 bits per heavy atom. The van der Waals surface area contributed by atoms with Gasteiger partial charge in [-0.25, -0.2) is 0 Å². The predicted molar refractivity (Wildman–Crippen MR) is 147 cm³/mol. The first-order valence-electron chi connectivity index (χ1n) is 11.0. The number of carbonyl (C=O) groups excluding carboxylic acids is 3. The van der Waals surface area contributed by atoms with E-state index >= 15 is 0 Å². The predicted octanol–water partition coefficient (Wildman–Crippen LogP) is 6.97. The molecule has 0 saturated carbocycles. The number of hydrogen-bond donors (Lipinski definition) is 1. The summed E-state index contributed by atoms with van der Waals surface area (Å²) in [6.07, 6.45) is 1.62. The molecule has 1 aliphatic rings. The summed E-state index contributed by atoms with van der Waals surface area (Å²) in [7, 11) is 0. The smallest absolute Gasteiger partial charge is 0.293 e. The summed E-state index contributed by atoms with van der Waals surface area (Å²) in [4.78, 5) is 39.2. The van der Waals surface area contributed by atoms with Crippen LogP contribution < -0.4 is 10.1 Å². The molecule has 3 aromatic carbocycles. The highest BCUT2D eigenvalue weighted by Gasteiger charge is 2.35. The van der Waals surface area contributed by atoms with Crippen LogP contribution in [0, 0.1) is 13.8 Å². The molecular weight excluding hydrogens is 564 g/mol. The van der Waals surface area contributed by atoms with E-state index in [9.17, 15) is 14.4 Å². The zero-order chi connectivity index (χ0) is 25.8. The number of hydrogen-bond acceptors (Lipinski definition) is 5. The Morgan fingerprint density at radius 3 is 2.64 bits per heavy atom. The topological polar surface area (TPSA) is 75.7 Å². The summed E-state index contributed by atoms with van der Waals surface area (Å²) in [5.74, 6) is -0.324. The number of imide groups is 1. The molecule has 3 aromatic rings. The van der Waals surface area contributed by atoms with Gasteiger partial charge in [0, 0.05) is 10.2 Å². The number of nitrogens with one attached hydrogen (secondary N) is 1. The maximum absolute atomic E-state index is 12.9. The number of benzene rings is 3. The maximum Gasteiger partial charge on any atom is 0.293 e. The first kappa shape index (κ1) is 26.0. The number of anilines is 1. The maximum atomic E-state index is 12.9. The summed E-state index contributed by atoms with van der Waals surface area (Å²) in [5, 5.41) is 2.80. The molecular formula is C27H22BrClN2O4S. The molecule has 1 aliphatic heterocycles. The Morgan fingerprint density at radius 1 is 1.11 bits per heavy atom. The lowest BCUT2D eigenvalue weighted by atomic mass is 10.1. The van der Waals surface area contributed by atoms with Crippen molar-refractivity contribution in [1.29, 1.82) is 0 Å². The number of halogens is 2. The molecule has 0 radical (unpaired) electrons. The molecule has 0 unspecified atom stereocenters. The van der Waals surface area contributed by atoms with Crippen LogP contribution >= 0.6 is 39.3 Å². The van der Waals surface area contributed by atoms with Gasteiger partial charge in [-0.15, -0.1) is 0 Å². The fraction of sp³-hybridized carbons (Fsp3) is 0.148. The van der Waals surface area contributed by atoms with Gasteiger partial charge in [-0.3, -0.25) is 19.3 Å². The molecule has 0 aromatic heterocycles. The number of nitrogens with zero attached hydrogens (tertiary/aromatic N) is 1. The summed E-state index contributed by atoms with van der Waals surface area (Å²) in [5.41, 5.74) is 4.21. The number of ether oxygens (including phenoxy) is 1. The average Bonchev–Trinajstić information content (AvgIpc) is 3.09. The summed E-state index contributed by atoms with van der Waals surface area (Å²) >= 11 is 10.7. The van der Waals surface area contributed by atoms with Gasteiger partial charge in [-0.2, -0.15) is 0 Å². The highest BCUT2D eigenvalue weighted by molar-refractivity contribution is 9.10. The molecule has 9 heteroatoms. The van der Waals surface area contributed by atoms with Crippen molar-refractivity contribution in [3.63, 3.8) is 0 Å². The Bertz CT molecular complexity index is 1390. The number of amides is 3. The van der Waals surface area contributed by atoms with Gasteiger partial charge in [-0.05, 0) is 78.2 Å². The van der Waals surface area contributed by atoms with Crippen molar-refractivity contribution >= 4 is 68.1 Å². The second-order valence-corrected chi connectivity index (χ2v) is 10.5. The third-order valence-corrected chi connectivity index (χ3v) is 7.42. The molecule has 36 heavy (non-hydrogen) atoms. The minimum absolute atomic E-state index is 0.182. The quantitative estimate of drug-likeness (QED) is 0.303. The number of aryl methyl sites for hydroxylation is 2. The SMILES string of the molecule is Cc1ccc(C)c(NC(=O)COc2ccc(/C=C3\SC(=O)N(Cc4ccccc4Br)C3=O)cc2Cl)c1. The molecule has 4 rings (SSSR count). The standard InChI is InChI=1S/C27H22BrClN2O4S/c1-16-7-8-17(2)22(11-16)30-25(32)15-35-23-10-9-18(12-21(23)29)13-24-26(33)31(27(34)36-24)14-19-5-3-4-6-20(19)28/h3-13H,14-15H2,1-2H3,(H,30,32)/b24-13-. The van der Waals surface area contributed by atoms with Crippen LogP contribution in [0.15, 0.2) is 70.0 Å². The average molecular weight is 586 g/mol. The molecule has 0 atom stereocenters. The zero-order valence-electron chi connectivity index (χ0n) is 19.5. The monoisotopic (exact) mass is 584 g/mol. The zero-order valence-corrected chi connectivity index (χ0v) is 22.7. The van der Waals surface area contributed by atoms with Crippen LogP contribution in [0.2, 0.25) is 5.02 Å². The third-order valence-electron chi connectivity index (χ3n) is 5.44. The first-order chi connectivity index (χ1) is 17.2. The molecule has 1 heterocycles. The minimum atomic E-state index is -0.361. The van der Waals surface area contributed by atoms with E-state index < -0.39 is 0 Å². The minimum Gasteiger partial charge on any atom is -0.482 e. The summed E-state index contributed by atoms with van der Waals surface area (Å²) in [6, 6.07) is 18.2. The van der Waals surface area contributed by atoms with Gasteiger partial charge in [0.25, 0.3) is 17.1 Å². The Labute approximate surface area is 226 Å². The molecule has 0 spiro atoms. The Balaban J connectivity index is 1.40. The van der Waals surface area contributed by atoms with Gasteiger partial charge in [0.05, 0.1) is 16.5 Å². The highest BCUT2D eigenvalue weighted by atomic mass is 79.9. The van der Waals surface area contributed by atoms with E-state index in [-0.39, 0.29) is 35.2 Å². The fourth-order valence-electron chi connectivity index (χ4n) is 3.51. The van der Waals surface area contributed by atoms with Crippen molar-refractivity contribution < 1.29 is 19.1 Å². The van der Waals surface area contributed by atoms with Gasteiger partial charge in [0.1, 0.15) is 5.75 Å². The van der Waals surface area contributed by atoms with E-state index in [4.69, 9.17) is 16.3 Å². The third kappa shape index (κ3) is 6.19. The van der Waals surface area contributed by atoms with Gasteiger partial charge in [0.15, 0.2) is 6.61 Å². The lowest BCUT2D eigenvalue weighted by Crippen LogP contribution is -2.27. The fourth-order valence-corrected chi connectivity index (χ4v) is 5.00. The number of carbonyl (C=O) groups is 3. The van der Waals surface area contributed by atoms with Crippen molar-refractivity contribution in [2.75, 3.05) is 11.9 Å². The second kappa shape index (κ2) is 11.3. The number of rotatable bonds is 7. The Hall–Kier alpha value is -3.07. The normalized spacial score (nSPS) is 14.4. The lowest BCUT2D eigenvalue weighted by Gasteiger charge is -2.13. The Kier molecular flexibility index (Phi) is 8.18. The molecule has 1 saturated heterocycles. The van der Waals surface area contributed by atoms with Crippen molar-refractivity contribution in [3.05, 3.63) is 97.3 Å². The van der Waals surface area contributed by atoms with Gasteiger partial charge >= 0.3 is 0 Å². The van der Waals surface area contributed by atoms with E-state index in [2.05, 4.69) is 21.2 Å². The lowest BCUT2D eigenvalue weighted by molar-refractivity contribution is -0.123. The molecule has 3 amide bonds. The van der Waals surface area contributed by atoms with Gasteiger partial charge in [-0.1, -0.05) is 63.9 Å². The van der Waals surface area contributed by atoms with E-state index in [1.165, 1.54) is 4.90 Å². The largest absolute Gasteiger partial charge is 0.482 e. The van der Waals surface area contributed by atoms with Crippen LogP contribution in [0.4, 0.5) is 10.5 Å². The van der Waals surface area contributed by atoms with Crippen molar-refractivity contribution in [1.82, 2.24) is 4.90 Å². The first-order valence-corrected chi connectivity index (χ1v) is 13.0. The molecule has 0 aliphatic carbocycles. The van der Waals surface area contributed by atoms with Crippen LogP contribution in [-0.4, -0.2) is 28.6 Å². The van der Waals surface area contributed by atoms with Gasteiger partial charge in [0.2, 0.25) is 0 Å². The highest BCUT2D eigenvalue weighted by Crippen LogP contribution is 2.35. The molecule has 0 bridgehead atoms. The van der Waals surface area contributed by atoms with Crippen LogP contribution in [0.1, 0.15) is 22.3 Å². The van der Waals surface area contributed by atoms with Gasteiger partial charge < -0.3 is 10.1 Å². The van der Waals surface area contributed by atoms with E-state index in [0.717, 1.165) is 38.6 Å². The molecule has 6 nitrogen and oxygen atoms in total. The van der Waals surface area contributed by atoms with Crippen LogP contribution in [0.3, 0.4) is 0 Å². The van der Waals surface area contributed by atoms with Crippen LogP contribution in [0.5, 0.6) is 5.75 Å². The molecule has 184 valence electrons. The van der Waals surface area contributed by atoms with E-state index in [0.29, 0.717) is 16.2 Å². The number of thioether (sulfide) groups is 1. The van der Waals surface area contributed by atoms with Crippen LogP contribution in [0.25, 0.3) is 6.08 Å². The second-order valence-electron chi connectivity index (χ2n) is 8.20. The molecule has 1 fully saturated rings. The van der Waals surface area contributed by atoms with E-state index in [1.54, 1.807) is 24.3 Å². The van der Waals surface area contributed by atoms with Crippen molar-refractivity contribution in [2.24, 2.45) is 0 Å². The van der Waals surface area contributed by atoms with Crippen molar-refractivity contribution in [3.8, 4) is 5.75 Å². The van der Waals surface area contributed by atoms with Crippen molar-refractivity contribution in [2.45, 2.75) is 20.4 Å². The van der Waals surface area contributed by atoms with Crippen LogP contribution in [-0.2, 0) is 16.1 Å².